The molecule has 2 N–H and O–H groups in total. The molecule has 0 radical (unpaired) electrons. The molecular formula is C12H11FN4O4. The smallest absolute Gasteiger partial charge is 0.333 e. The van der Waals surface area contributed by atoms with Crippen molar-refractivity contribution in [3.8, 4) is 11.6 Å². The number of phenolic OH excluding ortho intramolecular Hbond substituents is 1. The number of aromatic nitrogens is 2. The lowest BCUT2D eigenvalue weighted by atomic mass is 10.3. The molecule has 2 rings (SSSR count). The van der Waals surface area contributed by atoms with E-state index in [-0.39, 0.29) is 11.4 Å². The molecule has 0 aliphatic rings. The molecule has 21 heavy (non-hydrogen) atoms. The maximum atomic E-state index is 13.0. The van der Waals surface area contributed by atoms with Crippen molar-refractivity contribution in [2.75, 3.05) is 0 Å². The Kier molecular flexibility index (Phi) is 3.57. The van der Waals surface area contributed by atoms with Crippen molar-refractivity contribution in [1.82, 2.24) is 9.13 Å². The Balaban J connectivity index is 2.59. The summed E-state index contributed by atoms with van der Waals surface area (Å²) in [5.74, 6) is -1.68. The summed E-state index contributed by atoms with van der Waals surface area (Å²) in [6.45, 7) is 0. The molecule has 0 fully saturated rings. The van der Waals surface area contributed by atoms with Crippen LogP contribution in [0.5, 0.6) is 11.6 Å². The molecule has 0 aliphatic heterocycles. The van der Waals surface area contributed by atoms with Crippen molar-refractivity contribution in [3.63, 3.8) is 0 Å². The van der Waals surface area contributed by atoms with Gasteiger partial charge in [0.1, 0.15) is 17.3 Å². The molecule has 2 aromatic rings. The van der Waals surface area contributed by atoms with E-state index in [9.17, 15) is 24.2 Å². The molecule has 1 aromatic heterocycles. The fourth-order valence-electron chi connectivity index (χ4n) is 1.58. The normalized spacial score (nSPS) is 11.2. The van der Waals surface area contributed by atoms with Crippen molar-refractivity contribution >= 4 is 11.4 Å². The molecule has 9 heteroatoms. The molecule has 0 saturated heterocycles. The monoisotopic (exact) mass is 294 g/mol. The van der Waals surface area contributed by atoms with Crippen molar-refractivity contribution in [1.29, 1.82) is 0 Å². The number of azo groups is 1. The van der Waals surface area contributed by atoms with E-state index >= 15 is 0 Å². The van der Waals surface area contributed by atoms with Gasteiger partial charge in [0.15, 0.2) is 0 Å². The van der Waals surface area contributed by atoms with E-state index in [1.165, 1.54) is 14.1 Å². The first-order valence-corrected chi connectivity index (χ1v) is 5.72. The van der Waals surface area contributed by atoms with E-state index in [2.05, 4.69) is 10.2 Å². The highest BCUT2D eigenvalue weighted by Gasteiger charge is 2.14. The zero-order valence-electron chi connectivity index (χ0n) is 11.1. The van der Waals surface area contributed by atoms with Gasteiger partial charge in [-0.1, -0.05) is 0 Å². The first-order valence-electron chi connectivity index (χ1n) is 5.72. The molecular weight excluding hydrogens is 283 g/mol. The van der Waals surface area contributed by atoms with Gasteiger partial charge in [-0.25, -0.2) is 9.18 Å². The molecule has 0 unspecified atom stereocenters. The lowest BCUT2D eigenvalue weighted by Crippen LogP contribution is -2.36. The highest BCUT2D eigenvalue weighted by Crippen LogP contribution is 2.29. The van der Waals surface area contributed by atoms with Crippen molar-refractivity contribution < 1.29 is 14.6 Å². The third-order valence-electron chi connectivity index (χ3n) is 2.81. The molecule has 110 valence electrons. The van der Waals surface area contributed by atoms with Gasteiger partial charge in [-0.15, -0.1) is 10.2 Å². The number of aromatic hydroxyl groups is 2. The van der Waals surface area contributed by atoms with Gasteiger partial charge < -0.3 is 10.2 Å². The molecule has 0 saturated carbocycles. The van der Waals surface area contributed by atoms with E-state index in [1.807, 2.05) is 0 Å². The number of hydrogen-bond acceptors (Lipinski definition) is 6. The van der Waals surface area contributed by atoms with Gasteiger partial charge in [-0.3, -0.25) is 13.9 Å². The Morgan fingerprint density at radius 3 is 2.43 bits per heavy atom. The summed E-state index contributed by atoms with van der Waals surface area (Å²) in [7, 11) is 2.46. The third-order valence-corrected chi connectivity index (χ3v) is 2.81. The minimum absolute atomic E-state index is 0.217. The molecule has 1 aromatic carbocycles. The molecule has 1 heterocycles. The SMILES string of the molecule is Cn1c(O)c(N=Nc2cc(F)ccc2O)c(=O)n(C)c1=O. The number of nitrogens with zero attached hydrogens (tertiary/aromatic N) is 4. The molecule has 0 aliphatic carbocycles. The van der Waals surface area contributed by atoms with E-state index in [0.29, 0.717) is 0 Å². The van der Waals surface area contributed by atoms with Crippen molar-refractivity contribution in [2.24, 2.45) is 24.3 Å². The number of hydrogen-bond donors (Lipinski definition) is 2. The summed E-state index contributed by atoms with van der Waals surface area (Å²) in [4.78, 5) is 23.4. The van der Waals surface area contributed by atoms with Gasteiger partial charge >= 0.3 is 5.69 Å². The van der Waals surface area contributed by atoms with Crippen LogP contribution < -0.4 is 11.2 Å². The Bertz CT molecular complexity index is 854. The maximum absolute atomic E-state index is 13.0. The Morgan fingerprint density at radius 1 is 1.10 bits per heavy atom. The fraction of sp³-hybridized carbons (Fsp3) is 0.167. The summed E-state index contributed by atoms with van der Waals surface area (Å²) < 4.78 is 14.6. The zero-order valence-corrected chi connectivity index (χ0v) is 11.1. The number of phenols is 1. The van der Waals surface area contributed by atoms with E-state index < -0.39 is 28.6 Å². The molecule has 0 bridgehead atoms. The molecule has 0 spiro atoms. The highest BCUT2D eigenvalue weighted by atomic mass is 19.1. The molecule has 0 atom stereocenters. The van der Waals surface area contributed by atoms with Crippen LogP contribution in [0.15, 0.2) is 38.0 Å². The summed E-state index contributed by atoms with van der Waals surface area (Å²) in [6, 6.07) is 3.00. The number of benzene rings is 1. The largest absolute Gasteiger partial charge is 0.506 e. The number of rotatable bonds is 2. The zero-order chi connectivity index (χ0) is 15.7. The topological polar surface area (TPSA) is 109 Å². The van der Waals surface area contributed by atoms with Crippen LogP contribution in [0.4, 0.5) is 15.8 Å². The van der Waals surface area contributed by atoms with E-state index in [1.54, 1.807) is 0 Å². The van der Waals surface area contributed by atoms with Crippen molar-refractivity contribution in [2.45, 2.75) is 0 Å². The highest BCUT2D eigenvalue weighted by molar-refractivity contribution is 5.51. The van der Waals surface area contributed by atoms with Crippen LogP contribution >= 0.6 is 0 Å². The van der Waals surface area contributed by atoms with Gasteiger partial charge in [0.05, 0.1) is 0 Å². The minimum atomic E-state index is -0.866. The van der Waals surface area contributed by atoms with E-state index in [0.717, 1.165) is 27.3 Å². The minimum Gasteiger partial charge on any atom is -0.506 e. The van der Waals surface area contributed by atoms with Crippen LogP contribution in [-0.4, -0.2) is 19.3 Å². The Labute approximate surface area is 117 Å². The van der Waals surface area contributed by atoms with Crippen LogP contribution in [0.25, 0.3) is 0 Å². The first kappa shape index (κ1) is 14.4. The van der Waals surface area contributed by atoms with Crippen LogP contribution in [0.1, 0.15) is 0 Å². The van der Waals surface area contributed by atoms with Gasteiger partial charge in [-0.05, 0) is 12.1 Å². The predicted octanol–water partition coefficient (Wildman–Crippen LogP) is 1.05. The van der Waals surface area contributed by atoms with Crippen LogP contribution in [-0.2, 0) is 14.1 Å². The van der Waals surface area contributed by atoms with Crippen LogP contribution in [0, 0.1) is 5.82 Å². The van der Waals surface area contributed by atoms with Gasteiger partial charge in [0, 0.05) is 20.2 Å². The molecule has 0 amide bonds. The third kappa shape index (κ3) is 2.53. The summed E-state index contributed by atoms with van der Waals surface area (Å²) in [5.41, 5.74) is -2.31. The lowest BCUT2D eigenvalue weighted by Gasteiger charge is -2.06. The average Bonchev–Trinajstić information content (AvgIpc) is 2.46. The second-order valence-electron chi connectivity index (χ2n) is 4.21. The maximum Gasteiger partial charge on any atom is 0.333 e. The standard InChI is InChI=1S/C12H11FN4O4/c1-16-10(19)9(11(20)17(2)12(16)21)15-14-7-5-6(13)3-4-8(7)18/h3-5,18-19H,1-2H3. The first-order chi connectivity index (χ1) is 9.82. The van der Waals surface area contributed by atoms with Crippen molar-refractivity contribution in [3.05, 3.63) is 44.9 Å². The van der Waals surface area contributed by atoms with Gasteiger partial charge in [0.25, 0.3) is 5.56 Å². The van der Waals surface area contributed by atoms with Gasteiger partial charge in [0.2, 0.25) is 11.6 Å². The second kappa shape index (κ2) is 5.19. The number of halogens is 1. The van der Waals surface area contributed by atoms with Gasteiger partial charge in [-0.2, -0.15) is 0 Å². The van der Waals surface area contributed by atoms with Crippen LogP contribution in [0.3, 0.4) is 0 Å². The summed E-state index contributed by atoms with van der Waals surface area (Å²) in [5, 5.41) is 26.2. The fourth-order valence-corrected chi connectivity index (χ4v) is 1.58. The van der Waals surface area contributed by atoms with E-state index in [4.69, 9.17) is 0 Å². The predicted molar refractivity (Wildman–Crippen MR) is 70.8 cm³/mol. The average molecular weight is 294 g/mol. The Morgan fingerprint density at radius 2 is 1.76 bits per heavy atom. The molecule has 8 nitrogen and oxygen atoms in total. The Hall–Kier alpha value is -2.97. The summed E-state index contributed by atoms with van der Waals surface area (Å²) >= 11 is 0. The lowest BCUT2D eigenvalue weighted by molar-refractivity contribution is 0.413. The quantitative estimate of drug-likeness (QED) is 0.807. The van der Waals surface area contributed by atoms with Crippen LogP contribution in [0.2, 0.25) is 0 Å². The summed E-state index contributed by atoms with van der Waals surface area (Å²) in [6.07, 6.45) is 0. The second-order valence-corrected chi connectivity index (χ2v) is 4.21.